The Morgan fingerprint density at radius 3 is 2.37 bits per heavy atom. The monoisotopic (exact) mass is 550 g/mol. The van der Waals surface area contributed by atoms with Gasteiger partial charge in [-0.25, -0.2) is 26.8 Å². The number of piperidine rings is 1. The van der Waals surface area contributed by atoms with Crippen molar-refractivity contribution in [1.29, 1.82) is 0 Å². The number of carbonyl (C=O) groups excluding carboxylic acids is 1. The highest BCUT2D eigenvalue weighted by atomic mass is 32.2. The number of hydrogen-bond donors (Lipinski definition) is 1. The Morgan fingerprint density at radius 1 is 1.00 bits per heavy atom. The molecule has 0 atom stereocenters. The summed E-state index contributed by atoms with van der Waals surface area (Å²) in [6, 6.07) is 9.49. The molecule has 3 heterocycles. The summed E-state index contributed by atoms with van der Waals surface area (Å²) in [4.78, 5) is 21.6. The van der Waals surface area contributed by atoms with E-state index in [1.165, 1.54) is 39.9 Å². The Kier molecular flexibility index (Phi) is 6.16. The first-order valence-corrected chi connectivity index (χ1v) is 15.8. The number of hydrogen-bond acceptors (Lipinski definition) is 9. The molecule has 5 rings (SSSR count). The van der Waals surface area contributed by atoms with Crippen molar-refractivity contribution in [3.63, 3.8) is 0 Å². The molecule has 2 aromatic carbocycles. The quantitative estimate of drug-likeness (QED) is 0.402. The average Bonchev–Trinajstić information content (AvgIpc) is 3.40. The predicted octanol–water partition coefficient (Wildman–Crippen LogP) is 3.66. The summed E-state index contributed by atoms with van der Waals surface area (Å²) < 4.78 is 53.8. The van der Waals surface area contributed by atoms with Gasteiger partial charge in [-0.15, -0.1) is 11.3 Å². The minimum absolute atomic E-state index is 0.122. The third kappa shape index (κ3) is 4.58. The first-order valence-electron chi connectivity index (χ1n) is 10.8. The molecule has 4 aromatic rings. The number of amides is 1. The maximum absolute atomic E-state index is 13.2. The van der Waals surface area contributed by atoms with Crippen molar-refractivity contribution in [3.8, 4) is 0 Å². The summed E-state index contributed by atoms with van der Waals surface area (Å²) in [5.41, 5.74) is 1.66. The predicted molar refractivity (Wildman–Crippen MR) is 137 cm³/mol. The first kappa shape index (κ1) is 24.3. The van der Waals surface area contributed by atoms with Crippen LogP contribution in [0.15, 0.2) is 46.2 Å². The molecule has 184 valence electrons. The van der Waals surface area contributed by atoms with Crippen molar-refractivity contribution in [2.24, 2.45) is 5.92 Å². The van der Waals surface area contributed by atoms with Crippen LogP contribution in [0, 0.1) is 12.8 Å². The van der Waals surface area contributed by atoms with Crippen molar-refractivity contribution in [2.75, 3.05) is 24.7 Å². The fourth-order valence-corrected chi connectivity index (χ4v) is 9.15. The van der Waals surface area contributed by atoms with E-state index in [4.69, 9.17) is 0 Å². The normalized spacial score (nSPS) is 16.2. The van der Waals surface area contributed by atoms with E-state index in [1.807, 2.05) is 19.1 Å². The smallest absolute Gasteiger partial charge is 0.244 e. The fraction of sp³-hybridized carbons (Fsp3) is 0.318. The van der Waals surface area contributed by atoms with E-state index in [-0.39, 0.29) is 34.7 Å². The molecule has 1 fully saturated rings. The van der Waals surface area contributed by atoms with Crippen molar-refractivity contribution in [2.45, 2.75) is 29.6 Å². The third-order valence-electron chi connectivity index (χ3n) is 5.94. The van der Waals surface area contributed by atoms with Crippen LogP contribution in [0.25, 0.3) is 20.4 Å². The lowest BCUT2D eigenvalue weighted by molar-refractivity contribution is -0.120. The molecule has 35 heavy (non-hydrogen) atoms. The number of thiazole rings is 2. The van der Waals surface area contributed by atoms with E-state index in [1.54, 1.807) is 11.3 Å². The van der Waals surface area contributed by atoms with Gasteiger partial charge in [-0.05, 0) is 44.0 Å². The number of rotatable bonds is 5. The van der Waals surface area contributed by atoms with Gasteiger partial charge in [-0.1, -0.05) is 23.5 Å². The minimum Gasteiger partial charge on any atom is -0.302 e. The first-order chi connectivity index (χ1) is 16.5. The summed E-state index contributed by atoms with van der Waals surface area (Å²) in [6.07, 6.45) is 1.64. The van der Waals surface area contributed by atoms with Crippen molar-refractivity contribution in [3.05, 3.63) is 41.4 Å². The van der Waals surface area contributed by atoms with Gasteiger partial charge in [0.1, 0.15) is 10.4 Å². The molecular weight excluding hydrogens is 529 g/mol. The largest absolute Gasteiger partial charge is 0.302 e. The third-order valence-corrected chi connectivity index (χ3v) is 11.1. The number of carbonyl (C=O) groups is 1. The van der Waals surface area contributed by atoms with Gasteiger partial charge in [0.2, 0.25) is 15.9 Å². The standard InChI is InChI=1S/C22H22N4O5S4/c1-13-23-19-16(32-13)8-7-15-20(19)33-22(24-15)25-21(27)14-9-11-26(12-10-14)35(30,31)18-6-4-3-5-17(18)34(2,28)29/h3-8,14H,9-12H2,1-2H3,(H,24,25,27). The Morgan fingerprint density at radius 2 is 1.69 bits per heavy atom. The molecular formula is C22H22N4O5S4. The van der Waals surface area contributed by atoms with Crippen LogP contribution in [0.1, 0.15) is 17.8 Å². The molecule has 0 bridgehead atoms. The zero-order valence-electron chi connectivity index (χ0n) is 18.9. The zero-order chi connectivity index (χ0) is 25.0. The fourth-order valence-electron chi connectivity index (χ4n) is 4.22. The van der Waals surface area contributed by atoms with E-state index < -0.39 is 19.9 Å². The summed E-state index contributed by atoms with van der Waals surface area (Å²) in [7, 11) is -7.73. The highest BCUT2D eigenvalue weighted by Crippen LogP contribution is 2.35. The molecule has 1 N–H and O–H groups in total. The SMILES string of the molecule is Cc1nc2c(ccc3nc(NC(=O)C4CCN(S(=O)(=O)c5ccccc5S(C)(=O)=O)CC4)sc32)s1. The number of sulfone groups is 1. The van der Waals surface area contributed by atoms with Crippen LogP contribution in [0.5, 0.6) is 0 Å². The molecule has 0 saturated carbocycles. The van der Waals surface area contributed by atoms with Crippen molar-refractivity contribution >= 4 is 74.0 Å². The summed E-state index contributed by atoms with van der Waals surface area (Å²) >= 11 is 2.99. The summed E-state index contributed by atoms with van der Waals surface area (Å²) in [6.45, 7) is 2.20. The second-order valence-electron chi connectivity index (χ2n) is 8.40. The van der Waals surface area contributed by atoms with Gasteiger partial charge in [-0.2, -0.15) is 4.31 Å². The lowest BCUT2D eigenvalue weighted by Gasteiger charge is -2.30. The Hall–Kier alpha value is -2.45. The van der Waals surface area contributed by atoms with Gasteiger partial charge >= 0.3 is 0 Å². The van der Waals surface area contributed by atoms with Crippen LogP contribution < -0.4 is 5.32 Å². The molecule has 1 amide bonds. The number of aromatic nitrogens is 2. The van der Waals surface area contributed by atoms with E-state index in [0.717, 1.165) is 31.7 Å². The van der Waals surface area contributed by atoms with Crippen LogP contribution >= 0.6 is 22.7 Å². The van der Waals surface area contributed by atoms with E-state index in [0.29, 0.717) is 18.0 Å². The van der Waals surface area contributed by atoms with Gasteiger partial charge in [0.05, 0.1) is 24.8 Å². The number of sulfonamides is 1. The molecule has 13 heteroatoms. The van der Waals surface area contributed by atoms with Crippen LogP contribution in [0.3, 0.4) is 0 Å². The van der Waals surface area contributed by atoms with Gasteiger partial charge in [0, 0.05) is 25.3 Å². The van der Waals surface area contributed by atoms with E-state index >= 15 is 0 Å². The molecule has 1 aliphatic heterocycles. The number of benzene rings is 2. The lowest BCUT2D eigenvalue weighted by Crippen LogP contribution is -2.41. The molecule has 2 aromatic heterocycles. The van der Waals surface area contributed by atoms with Crippen molar-refractivity contribution < 1.29 is 21.6 Å². The van der Waals surface area contributed by atoms with Gasteiger partial charge < -0.3 is 5.32 Å². The Bertz CT molecular complexity index is 1670. The second-order valence-corrected chi connectivity index (χ2v) is 14.5. The van der Waals surface area contributed by atoms with Crippen LogP contribution in [0.4, 0.5) is 5.13 Å². The van der Waals surface area contributed by atoms with E-state index in [9.17, 15) is 21.6 Å². The molecule has 1 saturated heterocycles. The number of nitrogens with zero attached hydrogens (tertiary/aromatic N) is 3. The lowest BCUT2D eigenvalue weighted by atomic mass is 9.97. The van der Waals surface area contributed by atoms with Gasteiger partial charge in [0.15, 0.2) is 15.0 Å². The molecule has 1 aliphatic rings. The van der Waals surface area contributed by atoms with Gasteiger partial charge in [-0.3, -0.25) is 4.79 Å². The minimum atomic E-state index is -4.01. The maximum atomic E-state index is 13.2. The highest BCUT2D eigenvalue weighted by Gasteiger charge is 2.34. The Balaban J connectivity index is 1.29. The number of aryl methyl sites for hydroxylation is 1. The topological polar surface area (TPSA) is 126 Å². The average molecular weight is 551 g/mol. The maximum Gasteiger partial charge on any atom is 0.244 e. The van der Waals surface area contributed by atoms with Crippen LogP contribution in [-0.2, 0) is 24.7 Å². The van der Waals surface area contributed by atoms with Crippen LogP contribution in [0.2, 0.25) is 0 Å². The van der Waals surface area contributed by atoms with E-state index in [2.05, 4.69) is 15.3 Å². The zero-order valence-corrected chi connectivity index (χ0v) is 22.2. The Labute approximate surface area is 210 Å². The summed E-state index contributed by atoms with van der Waals surface area (Å²) in [5.74, 6) is -0.580. The molecule has 0 unspecified atom stereocenters. The molecule has 0 aliphatic carbocycles. The highest BCUT2D eigenvalue weighted by molar-refractivity contribution is 7.93. The molecule has 0 radical (unpaired) electrons. The number of fused-ring (bicyclic) bond motifs is 3. The second kappa shape index (κ2) is 8.89. The van der Waals surface area contributed by atoms with Gasteiger partial charge in [0.25, 0.3) is 0 Å². The van der Waals surface area contributed by atoms with Crippen LogP contribution in [-0.4, -0.2) is 56.4 Å². The summed E-state index contributed by atoms with van der Waals surface area (Å²) in [5, 5.41) is 4.34. The number of anilines is 1. The number of nitrogens with one attached hydrogen (secondary N) is 1. The van der Waals surface area contributed by atoms with Crippen molar-refractivity contribution in [1.82, 2.24) is 14.3 Å². The molecule has 9 nitrogen and oxygen atoms in total. The molecule has 0 spiro atoms.